The minimum Gasteiger partial charge on any atom is -0.462 e. The highest BCUT2D eigenvalue weighted by molar-refractivity contribution is 7.18. The number of carbonyl (C=O) groups excluding carboxylic acids is 3. The summed E-state index contributed by atoms with van der Waals surface area (Å²) in [5.74, 6) is -0.970. The van der Waals surface area contributed by atoms with Gasteiger partial charge in [0.25, 0.3) is 0 Å². The number of amides is 2. The first kappa shape index (κ1) is 17.9. The second kappa shape index (κ2) is 7.57. The topological polar surface area (TPSA) is 96.5 Å². The van der Waals surface area contributed by atoms with Gasteiger partial charge < -0.3 is 20.7 Å². The SMILES string of the molecule is CCOC(=O)c1sc(NC(=O)C[C@@H]2Nc3ccccc3NC2=O)cc1C. The van der Waals surface area contributed by atoms with E-state index in [-0.39, 0.29) is 18.2 Å². The molecule has 0 spiro atoms. The van der Waals surface area contributed by atoms with E-state index in [9.17, 15) is 14.4 Å². The van der Waals surface area contributed by atoms with Crippen LogP contribution in [0, 0.1) is 6.92 Å². The molecule has 1 aromatic carbocycles. The monoisotopic (exact) mass is 373 g/mol. The normalized spacial score (nSPS) is 15.5. The minimum absolute atomic E-state index is 0.0220. The van der Waals surface area contributed by atoms with E-state index in [1.165, 1.54) is 0 Å². The molecule has 0 saturated carbocycles. The first-order valence-corrected chi connectivity index (χ1v) is 9.03. The van der Waals surface area contributed by atoms with Crippen LogP contribution in [0.5, 0.6) is 0 Å². The average molecular weight is 373 g/mol. The van der Waals surface area contributed by atoms with Gasteiger partial charge in [0.2, 0.25) is 11.8 Å². The summed E-state index contributed by atoms with van der Waals surface area (Å²) in [6.07, 6.45) is -0.0220. The molecule has 8 heteroatoms. The molecule has 1 aliphatic heterocycles. The van der Waals surface area contributed by atoms with E-state index < -0.39 is 12.0 Å². The Bertz CT molecular complexity index is 862. The number of ether oxygens (including phenoxy) is 1. The first-order valence-electron chi connectivity index (χ1n) is 8.21. The summed E-state index contributed by atoms with van der Waals surface area (Å²) >= 11 is 1.16. The van der Waals surface area contributed by atoms with Gasteiger partial charge in [-0.2, -0.15) is 0 Å². The Kier molecular flexibility index (Phi) is 5.22. The second-order valence-electron chi connectivity index (χ2n) is 5.83. The van der Waals surface area contributed by atoms with E-state index in [0.29, 0.717) is 22.2 Å². The van der Waals surface area contributed by atoms with E-state index in [4.69, 9.17) is 4.74 Å². The standard InChI is InChI=1S/C18H19N3O4S/c1-3-25-18(24)16-10(2)8-15(26-16)21-14(22)9-13-17(23)20-12-7-5-4-6-11(12)19-13/h4-8,13,19H,3,9H2,1-2H3,(H,20,23)(H,21,22)/t13-/m0/s1. The molecule has 1 aliphatic rings. The van der Waals surface area contributed by atoms with Crippen LogP contribution in [0.15, 0.2) is 30.3 Å². The van der Waals surface area contributed by atoms with E-state index >= 15 is 0 Å². The van der Waals surface area contributed by atoms with Gasteiger partial charge in [0.05, 0.1) is 29.4 Å². The van der Waals surface area contributed by atoms with Gasteiger partial charge in [0.1, 0.15) is 10.9 Å². The molecular weight excluding hydrogens is 354 g/mol. The zero-order valence-corrected chi connectivity index (χ0v) is 15.2. The minimum atomic E-state index is -0.657. The maximum Gasteiger partial charge on any atom is 0.348 e. The number of esters is 1. The maximum absolute atomic E-state index is 12.3. The molecule has 7 nitrogen and oxygen atoms in total. The Hall–Kier alpha value is -2.87. The Morgan fingerprint density at radius 3 is 2.73 bits per heavy atom. The van der Waals surface area contributed by atoms with Crippen molar-refractivity contribution in [3.8, 4) is 0 Å². The third-order valence-electron chi connectivity index (χ3n) is 3.86. The summed E-state index contributed by atoms with van der Waals surface area (Å²) in [6.45, 7) is 3.82. The predicted molar refractivity (Wildman–Crippen MR) is 101 cm³/mol. The largest absolute Gasteiger partial charge is 0.462 e. The van der Waals surface area contributed by atoms with Crippen LogP contribution in [-0.4, -0.2) is 30.4 Å². The van der Waals surface area contributed by atoms with Crippen molar-refractivity contribution >= 4 is 45.5 Å². The number of rotatable bonds is 5. The van der Waals surface area contributed by atoms with E-state index in [2.05, 4.69) is 16.0 Å². The van der Waals surface area contributed by atoms with Crippen LogP contribution in [0.2, 0.25) is 0 Å². The van der Waals surface area contributed by atoms with Gasteiger partial charge in [-0.15, -0.1) is 11.3 Å². The van der Waals surface area contributed by atoms with Crippen molar-refractivity contribution in [3.63, 3.8) is 0 Å². The van der Waals surface area contributed by atoms with Gasteiger partial charge in [-0.25, -0.2) is 4.79 Å². The van der Waals surface area contributed by atoms with Crippen molar-refractivity contribution in [2.75, 3.05) is 22.6 Å². The van der Waals surface area contributed by atoms with E-state index in [0.717, 1.165) is 22.6 Å². The first-order chi connectivity index (χ1) is 12.5. The summed E-state index contributed by atoms with van der Waals surface area (Å²) in [7, 11) is 0. The van der Waals surface area contributed by atoms with Crippen LogP contribution >= 0.6 is 11.3 Å². The summed E-state index contributed by atoms with van der Waals surface area (Å²) < 4.78 is 4.99. The van der Waals surface area contributed by atoms with Crippen molar-refractivity contribution in [2.45, 2.75) is 26.3 Å². The van der Waals surface area contributed by atoms with E-state index in [1.807, 2.05) is 18.2 Å². The molecule has 2 amide bonds. The zero-order valence-electron chi connectivity index (χ0n) is 14.4. The third-order valence-corrected chi connectivity index (χ3v) is 4.99. The Labute approximate surface area is 154 Å². The molecule has 0 unspecified atom stereocenters. The van der Waals surface area contributed by atoms with Crippen molar-refractivity contribution in [1.82, 2.24) is 0 Å². The van der Waals surface area contributed by atoms with E-state index in [1.54, 1.807) is 26.0 Å². The van der Waals surface area contributed by atoms with Crippen molar-refractivity contribution in [1.29, 1.82) is 0 Å². The fourth-order valence-corrected chi connectivity index (χ4v) is 3.63. The number of fused-ring (bicyclic) bond motifs is 1. The summed E-state index contributed by atoms with van der Waals surface area (Å²) in [4.78, 5) is 36.8. The molecule has 0 aliphatic carbocycles. The number of benzene rings is 1. The molecule has 0 saturated heterocycles. The van der Waals surface area contributed by atoms with Crippen molar-refractivity contribution < 1.29 is 19.1 Å². The number of carbonyl (C=O) groups is 3. The number of thiophene rings is 1. The summed E-state index contributed by atoms with van der Waals surface area (Å²) in [5.41, 5.74) is 2.22. The zero-order chi connectivity index (χ0) is 18.7. The number of hydrogen-bond donors (Lipinski definition) is 3. The quantitative estimate of drug-likeness (QED) is 0.700. The number of hydrogen-bond acceptors (Lipinski definition) is 6. The highest BCUT2D eigenvalue weighted by Gasteiger charge is 2.27. The molecule has 1 atom stereocenters. The molecule has 3 rings (SSSR count). The molecule has 1 aromatic heterocycles. The lowest BCUT2D eigenvalue weighted by atomic mass is 10.1. The van der Waals surface area contributed by atoms with Crippen LogP contribution in [-0.2, 0) is 14.3 Å². The van der Waals surface area contributed by atoms with Gasteiger partial charge in [0.15, 0.2) is 0 Å². The number of nitrogens with one attached hydrogen (secondary N) is 3. The van der Waals surface area contributed by atoms with Crippen LogP contribution in [0.1, 0.15) is 28.6 Å². The van der Waals surface area contributed by atoms with Crippen molar-refractivity contribution in [2.24, 2.45) is 0 Å². The molecule has 136 valence electrons. The molecule has 3 N–H and O–H groups in total. The van der Waals surface area contributed by atoms with Crippen LogP contribution in [0.25, 0.3) is 0 Å². The fraction of sp³-hybridized carbons (Fsp3) is 0.278. The predicted octanol–water partition coefficient (Wildman–Crippen LogP) is 2.99. The smallest absolute Gasteiger partial charge is 0.348 e. The lowest BCUT2D eigenvalue weighted by Gasteiger charge is -2.26. The molecule has 2 aromatic rings. The molecular formula is C18H19N3O4S. The van der Waals surface area contributed by atoms with Gasteiger partial charge in [-0.1, -0.05) is 12.1 Å². The van der Waals surface area contributed by atoms with Gasteiger partial charge in [-0.3, -0.25) is 9.59 Å². The summed E-state index contributed by atoms with van der Waals surface area (Å²) in [5, 5.41) is 9.14. The van der Waals surface area contributed by atoms with Crippen LogP contribution in [0.4, 0.5) is 16.4 Å². The number of anilines is 3. The molecule has 0 fully saturated rings. The van der Waals surface area contributed by atoms with Crippen LogP contribution < -0.4 is 16.0 Å². The fourth-order valence-electron chi connectivity index (χ4n) is 2.65. The van der Waals surface area contributed by atoms with Gasteiger partial charge in [-0.05, 0) is 37.6 Å². The number of para-hydroxylation sites is 2. The Morgan fingerprint density at radius 1 is 1.27 bits per heavy atom. The van der Waals surface area contributed by atoms with Gasteiger partial charge >= 0.3 is 5.97 Å². The molecule has 2 heterocycles. The number of aryl methyl sites for hydroxylation is 1. The van der Waals surface area contributed by atoms with Gasteiger partial charge in [0, 0.05) is 0 Å². The molecule has 26 heavy (non-hydrogen) atoms. The van der Waals surface area contributed by atoms with Crippen molar-refractivity contribution in [3.05, 3.63) is 40.8 Å². The van der Waals surface area contributed by atoms with Crippen LogP contribution in [0.3, 0.4) is 0 Å². The molecule has 0 radical (unpaired) electrons. The second-order valence-corrected chi connectivity index (χ2v) is 6.88. The highest BCUT2D eigenvalue weighted by Crippen LogP contribution is 2.29. The Balaban J connectivity index is 1.64. The average Bonchev–Trinajstić information content (AvgIpc) is 2.96. The lowest BCUT2D eigenvalue weighted by Crippen LogP contribution is -2.41. The maximum atomic E-state index is 12.3. The lowest BCUT2D eigenvalue weighted by molar-refractivity contribution is -0.122. The Morgan fingerprint density at radius 2 is 2.00 bits per heavy atom. The third kappa shape index (κ3) is 3.85. The highest BCUT2D eigenvalue weighted by atomic mass is 32.1. The molecule has 0 bridgehead atoms. The summed E-state index contributed by atoms with van der Waals surface area (Å²) in [6, 6.07) is 8.38.